The van der Waals surface area contributed by atoms with Gasteiger partial charge in [-0.2, -0.15) is 0 Å². The maximum atomic E-state index is 11.0. The van der Waals surface area contributed by atoms with E-state index >= 15 is 0 Å². The van der Waals surface area contributed by atoms with Gasteiger partial charge in [0.1, 0.15) is 0 Å². The second kappa shape index (κ2) is 13.3. The average molecular weight is 485 g/mol. The lowest BCUT2D eigenvalue weighted by atomic mass is 10.1. The highest BCUT2D eigenvalue weighted by Gasteiger charge is 2.09. The number of halogens is 2. The minimum absolute atomic E-state index is 0. The van der Waals surface area contributed by atoms with Crippen molar-refractivity contribution in [3.05, 3.63) is 23.0 Å². The van der Waals surface area contributed by atoms with Crippen LogP contribution in [0.25, 0.3) is 0 Å². The van der Waals surface area contributed by atoms with Gasteiger partial charge >= 0.3 is 5.97 Å². The Morgan fingerprint density at radius 3 is 2.60 bits per heavy atom. The first kappa shape index (κ1) is 24.0. The second-order valence-electron chi connectivity index (χ2n) is 5.83. The van der Waals surface area contributed by atoms with E-state index < -0.39 is 0 Å². The van der Waals surface area contributed by atoms with Crippen LogP contribution in [0.2, 0.25) is 5.02 Å². The SMILES string of the molecule is CN=C(NCCCCCCC(=O)OC)N(C)Cc1cc(Cl)cn1C.I. The Bertz CT molecular complexity index is 549. The highest BCUT2D eigenvalue weighted by atomic mass is 127. The summed E-state index contributed by atoms with van der Waals surface area (Å²) in [6.07, 6.45) is 6.45. The topological polar surface area (TPSA) is 58.9 Å². The van der Waals surface area contributed by atoms with Crippen molar-refractivity contribution in [3.8, 4) is 0 Å². The average Bonchev–Trinajstić information content (AvgIpc) is 2.87. The van der Waals surface area contributed by atoms with Crippen molar-refractivity contribution in [1.29, 1.82) is 0 Å². The van der Waals surface area contributed by atoms with Crippen molar-refractivity contribution in [3.63, 3.8) is 0 Å². The minimum Gasteiger partial charge on any atom is -0.469 e. The van der Waals surface area contributed by atoms with E-state index in [1.54, 1.807) is 7.05 Å². The lowest BCUT2D eigenvalue weighted by Gasteiger charge is -2.22. The normalized spacial score (nSPS) is 11.0. The van der Waals surface area contributed by atoms with Gasteiger partial charge in [-0.3, -0.25) is 9.79 Å². The fourth-order valence-electron chi connectivity index (χ4n) is 2.48. The molecule has 1 aromatic heterocycles. The molecule has 0 aliphatic rings. The van der Waals surface area contributed by atoms with Crippen molar-refractivity contribution in [2.24, 2.45) is 12.0 Å². The first-order valence-electron chi connectivity index (χ1n) is 8.27. The number of aromatic nitrogens is 1. The van der Waals surface area contributed by atoms with Crippen LogP contribution in [-0.2, 0) is 23.1 Å². The molecule has 1 N–H and O–H groups in total. The van der Waals surface area contributed by atoms with Crippen LogP contribution in [-0.4, -0.2) is 49.1 Å². The van der Waals surface area contributed by atoms with Crippen molar-refractivity contribution in [2.75, 3.05) is 27.7 Å². The van der Waals surface area contributed by atoms with E-state index in [1.807, 2.05) is 30.9 Å². The van der Waals surface area contributed by atoms with Gasteiger partial charge in [0, 0.05) is 46.0 Å². The molecule has 8 heteroatoms. The number of hydrogen-bond donors (Lipinski definition) is 1. The van der Waals surface area contributed by atoms with E-state index in [4.69, 9.17) is 11.6 Å². The van der Waals surface area contributed by atoms with Crippen LogP contribution < -0.4 is 5.32 Å². The number of carbonyl (C=O) groups excluding carboxylic acids is 1. The Balaban J connectivity index is 0.00000576. The van der Waals surface area contributed by atoms with E-state index in [2.05, 4.69) is 19.9 Å². The summed E-state index contributed by atoms with van der Waals surface area (Å²) in [6.45, 7) is 1.60. The van der Waals surface area contributed by atoms with Crippen molar-refractivity contribution in [2.45, 2.75) is 38.6 Å². The molecule has 0 spiro atoms. The van der Waals surface area contributed by atoms with E-state index in [0.29, 0.717) is 6.42 Å². The Labute approximate surface area is 173 Å². The van der Waals surface area contributed by atoms with E-state index in [-0.39, 0.29) is 29.9 Å². The molecule has 0 atom stereocenters. The lowest BCUT2D eigenvalue weighted by molar-refractivity contribution is -0.140. The number of aryl methyl sites for hydroxylation is 1. The number of nitrogens with zero attached hydrogens (tertiary/aromatic N) is 3. The number of guanidine groups is 1. The van der Waals surface area contributed by atoms with Gasteiger partial charge in [-0.15, -0.1) is 24.0 Å². The molecule has 0 saturated heterocycles. The summed E-state index contributed by atoms with van der Waals surface area (Å²) < 4.78 is 6.65. The molecule has 0 bridgehead atoms. The molecular formula is C17H30ClIN4O2. The van der Waals surface area contributed by atoms with Crippen LogP contribution in [0.4, 0.5) is 0 Å². The molecule has 0 unspecified atom stereocenters. The van der Waals surface area contributed by atoms with Gasteiger partial charge in [0.25, 0.3) is 0 Å². The molecule has 0 saturated carbocycles. The largest absolute Gasteiger partial charge is 0.469 e. The number of esters is 1. The summed E-state index contributed by atoms with van der Waals surface area (Å²) in [6, 6.07) is 1.96. The Morgan fingerprint density at radius 2 is 2.04 bits per heavy atom. The van der Waals surface area contributed by atoms with Crippen LogP contribution in [0.1, 0.15) is 37.8 Å². The maximum absolute atomic E-state index is 11.0. The molecule has 0 aliphatic carbocycles. The maximum Gasteiger partial charge on any atom is 0.305 e. The van der Waals surface area contributed by atoms with Crippen molar-refractivity contribution >= 4 is 47.5 Å². The van der Waals surface area contributed by atoms with E-state index in [9.17, 15) is 4.79 Å². The number of hydrogen-bond acceptors (Lipinski definition) is 3. The molecular weight excluding hydrogens is 455 g/mol. The smallest absolute Gasteiger partial charge is 0.305 e. The summed E-state index contributed by atoms with van der Waals surface area (Å²) in [4.78, 5) is 17.4. The third kappa shape index (κ3) is 9.34. The number of rotatable bonds is 9. The summed E-state index contributed by atoms with van der Waals surface area (Å²) in [5.74, 6) is 0.734. The monoisotopic (exact) mass is 484 g/mol. The van der Waals surface area contributed by atoms with Crippen LogP contribution in [0, 0.1) is 0 Å². The minimum atomic E-state index is -0.129. The quantitative estimate of drug-likeness (QED) is 0.192. The predicted molar refractivity (Wildman–Crippen MR) is 114 cm³/mol. The highest BCUT2D eigenvalue weighted by Crippen LogP contribution is 2.14. The number of aliphatic imine (C=N–C) groups is 1. The molecule has 0 fully saturated rings. The van der Waals surface area contributed by atoms with Gasteiger partial charge in [0.2, 0.25) is 0 Å². The zero-order chi connectivity index (χ0) is 17.9. The van der Waals surface area contributed by atoms with E-state index in [0.717, 1.165) is 55.4 Å². The fraction of sp³-hybridized carbons (Fsp3) is 0.647. The Hall–Kier alpha value is -0.960. The summed E-state index contributed by atoms with van der Waals surface area (Å²) in [5.41, 5.74) is 1.13. The van der Waals surface area contributed by atoms with Gasteiger partial charge in [-0.1, -0.05) is 24.4 Å². The lowest BCUT2D eigenvalue weighted by Crippen LogP contribution is -2.39. The molecule has 1 aromatic rings. The highest BCUT2D eigenvalue weighted by molar-refractivity contribution is 14.0. The number of carbonyl (C=O) groups is 1. The summed E-state index contributed by atoms with van der Waals surface area (Å²) >= 11 is 6.02. The number of ether oxygens (including phenoxy) is 1. The zero-order valence-electron chi connectivity index (χ0n) is 15.5. The van der Waals surface area contributed by atoms with Gasteiger partial charge in [-0.05, 0) is 18.9 Å². The molecule has 0 radical (unpaired) electrons. The molecule has 0 aliphatic heterocycles. The fourth-order valence-corrected chi connectivity index (χ4v) is 2.75. The molecule has 0 aromatic carbocycles. The predicted octanol–water partition coefficient (Wildman–Crippen LogP) is 3.43. The summed E-state index contributed by atoms with van der Waals surface area (Å²) in [5, 5.41) is 4.11. The van der Waals surface area contributed by atoms with Gasteiger partial charge < -0.3 is 19.5 Å². The van der Waals surface area contributed by atoms with E-state index in [1.165, 1.54) is 7.11 Å². The third-order valence-corrected chi connectivity index (χ3v) is 4.07. The van der Waals surface area contributed by atoms with Crippen LogP contribution in [0.15, 0.2) is 17.3 Å². The first-order valence-corrected chi connectivity index (χ1v) is 8.65. The van der Waals surface area contributed by atoms with Crippen molar-refractivity contribution < 1.29 is 9.53 Å². The molecule has 6 nitrogen and oxygen atoms in total. The Morgan fingerprint density at radius 1 is 1.36 bits per heavy atom. The molecule has 1 heterocycles. The van der Waals surface area contributed by atoms with Gasteiger partial charge in [-0.25, -0.2) is 0 Å². The van der Waals surface area contributed by atoms with Crippen molar-refractivity contribution in [1.82, 2.24) is 14.8 Å². The number of unbranched alkanes of at least 4 members (excludes halogenated alkanes) is 3. The number of nitrogens with one attached hydrogen (secondary N) is 1. The standard InChI is InChI=1S/C17H29ClN4O2.HI/c1-19-17(20-10-8-6-5-7-9-16(23)24-4)22(3)13-15-11-14(18)12-21(15)2;/h11-12H,5-10,13H2,1-4H3,(H,19,20);1H. The van der Waals surface area contributed by atoms with Crippen LogP contribution in [0.5, 0.6) is 0 Å². The molecule has 1 rings (SSSR count). The van der Waals surface area contributed by atoms with Gasteiger partial charge in [0.15, 0.2) is 5.96 Å². The second-order valence-corrected chi connectivity index (χ2v) is 6.27. The van der Waals surface area contributed by atoms with Crippen LogP contribution >= 0.6 is 35.6 Å². The molecule has 0 amide bonds. The first-order chi connectivity index (χ1) is 11.5. The third-order valence-electron chi connectivity index (χ3n) is 3.87. The summed E-state index contributed by atoms with van der Waals surface area (Å²) in [7, 11) is 7.21. The Kier molecular flexibility index (Phi) is 12.8. The number of methoxy groups -OCH3 is 1. The molecule has 25 heavy (non-hydrogen) atoms. The van der Waals surface area contributed by atoms with Crippen LogP contribution in [0.3, 0.4) is 0 Å². The van der Waals surface area contributed by atoms with Gasteiger partial charge in [0.05, 0.1) is 18.7 Å². The molecule has 144 valence electrons. The zero-order valence-corrected chi connectivity index (χ0v) is 18.6.